The predicted octanol–water partition coefficient (Wildman–Crippen LogP) is -1.60. The molecule has 34 heavy (non-hydrogen) atoms. The maximum Gasteiger partial charge on any atom is 2.00 e. The van der Waals surface area contributed by atoms with Gasteiger partial charge < -0.3 is 41.5 Å². The summed E-state index contributed by atoms with van der Waals surface area (Å²) in [7, 11) is 0. The van der Waals surface area contributed by atoms with Crippen LogP contribution in [0.3, 0.4) is 0 Å². The number of rotatable bonds is 18. The quantitative estimate of drug-likeness (QED) is 0.0426. The van der Waals surface area contributed by atoms with E-state index in [0.29, 0.717) is 38.5 Å². The monoisotopic (exact) mass is 675 g/mol. The fraction of sp³-hybridized carbons (Fsp3) is 0.905. The van der Waals surface area contributed by atoms with Crippen LogP contribution in [0.25, 0.3) is 0 Å². The number of aliphatic hydroxyl groups is 2. The zero-order valence-corrected chi connectivity index (χ0v) is 21.9. The molecule has 0 aromatic rings. The van der Waals surface area contributed by atoms with Crippen molar-refractivity contribution in [2.45, 2.75) is 94.9 Å². The van der Waals surface area contributed by atoms with Crippen molar-refractivity contribution < 1.29 is 70.6 Å². The van der Waals surface area contributed by atoms with E-state index in [1.165, 1.54) is 12.8 Å². The van der Waals surface area contributed by atoms with E-state index < -0.39 is 17.7 Å². The average molecular weight is 676 g/mol. The van der Waals surface area contributed by atoms with E-state index in [0.717, 1.165) is 25.7 Å². The molecular weight excluding hydrogens is 635 g/mol. The van der Waals surface area contributed by atoms with Crippen LogP contribution in [0.2, 0.25) is 0 Å². The first-order valence-electron chi connectivity index (χ1n) is 11.6. The number of aliphatic hydroxyl groups excluding tert-OH is 2. The Kier molecular flexibility index (Phi) is 23.7. The summed E-state index contributed by atoms with van der Waals surface area (Å²) in [4.78, 5) is 40.0. The molecule has 12 nitrogen and oxygen atoms in total. The van der Waals surface area contributed by atoms with Crippen molar-refractivity contribution in [2.24, 2.45) is 11.5 Å². The largest absolute Gasteiger partial charge is 2.00 e. The molecule has 2 atom stereocenters. The van der Waals surface area contributed by atoms with Crippen molar-refractivity contribution in [1.82, 2.24) is 0 Å². The van der Waals surface area contributed by atoms with Gasteiger partial charge in [0.25, 0.3) is 0 Å². The number of hydrogen-bond donors (Lipinski definition) is 4. The van der Waals surface area contributed by atoms with Crippen LogP contribution < -0.4 is 21.7 Å². The average Bonchev–Trinajstić information content (AvgIpc) is 2.78. The Morgan fingerprint density at radius 3 is 1.38 bits per heavy atom. The summed E-state index contributed by atoms with van der Waals surface area (Å²) in [5.74, 6) is -7.78. The molecule has 0 radical (unpaired) electrons. The Bertz CT molecular complexity index is 472. The topological polar surface area (TPSA) is 210 Å². The van der Waals surface area contributed by atoms with Crippen LogP contribution >= 0.6 is 0 Å². The normalized spacial score (nSPS) is 17.9. The Hall–Kier alpha value is -0.692. The SMILES string of the molecule is N[C@@H]1CCCC[C@H]1N.O=C([O-])C(OOCCCCCCO)(OOCCCCCCO)C(=O)[O-].[Pt+2]. The standard InChI is InChI=1S/C15H28O10.C6H14N2.Pt/c16-9-5-1-3-7-11-22-24-15(13(18)19,14(20)21)25-23-12-8-4-2-6-10-17;7-5-3-1-2-4-6(5)8;/h16-17H,1-12H2,(H,18,19)(H,20,21);5-6H,1-4,7-8H2;/q;;+2/p-2/t;5-,6-;/m.1./s1. The molecule has 1 aliphatic carbocycles. The Balaban J connectivity index is 0. The van der Waals surface area contributed by atoms with E-state index in [-0.39, 0.29) is 59.6 Å². The summed E-state index contributed by atoms with van der Waals surface area (Å²) in [6, 6.07) is 0.562. The van der Waals surface area contributed by atoms with Crippen LogP contribution in [0.15, 0.2) is 0 Å². The number of carboxylic acid groups (broad SMARTS) is 2. The van der Waals surface area contributed by atoms with Gasteiger partial charge in [0.15, 0.2) is 0 Å². The molecule has 0 aliphatic heterocycles. The van der Waals surface area contributed by atoms with E-state index in [4.69, 9.17) is 21.7 Å². The van der Waals surface area contributed by atoms with Crippen molar-refractivity contribution in [3.8, 4) is 0 Å². The van der Waals surface area contributed by atoms with Crippen molar-refractivity contribution in [3.05, 3.63) is 0 Å². The third kappa shape index (κ3) is 16.1. The summed E-state index contributed by atoms with van der Waals surface area (Å²) < 4.78 is 0. The van der Waals surface area contributed by atoms with Crippen LogP contribution in [0.1, 0.15) is 77.0 Å². The second kappa shape index (κ2) is 22.8. The minimum absolute atomic E-state index is 0. The summed E-state index contributed by atoms with van der Waals surface area (Å²) >= 11 is 0. The predicted molar refractivity (Wildman–Crippen MR) is 112 cm³/mol. The molecular formula is C21H40N2O10Pt. The molecule has 0 spiro atoms. The first kappa shape index (κ1) is 35.5. The summed E-state index contributed by atoms with van der Waals surface area (Å²) in [6.45, 7) is -0.0292. The van der Waals surface area contributed by atoms with Gasteiger partial charge in [-0.3, -0.25) is 0 Å². The first-order valence-corrected chi connectivity index (χ1v) is 11.6. The van der Waals surface area contributed by atoms with Crippen LogP contribution in [-0.4, -0.2) is 66.4 Å². The molecule has 0 aromatic carbocycles. The summed E-state index contributed by atoms with van der Waals surface area (Å²) in [5, 5.41) is 39.4. The Labute approximate surface area is 215 Å². The third-order valence-electron chi connectivity index (χ3n) is 5.04. The van der Waals surface area contributed by atoms with E-state index in [9.17, 15) is 19.8 Å². The molecule has 0 heterocycles. The molecule has 6 N–H and O–H groups in total. The molecule has 0 saturated heterocycles. The fourth-order valence-electron chi connectivity index (χ4n) is 2.92. The van der Waals surface area contributed by atoms with Gasteiger partial charge in [0.05, 0.1) is 13.2 Å². The zero-order valence-electron chi connectivity index (χ0n) is 19.6. The van der Waals surface area contributed by atoms with Gasteiger partial charge in [-0.25, -0.2) is 9.78 Å². The molecule has 13 heteroatoms. The minimum atomic E-state index is -3.32. The second-order valence-electron chi connectivity index (χ2n) is 7.89. The number of nitrogens with two attached hydrogens (primary N) is 2. The summed E-state index contributed by atoms with van der Waals surface area (Å²) in [5.41, 5.74) is 11.3. The molecule has 204 valence electrons. The van der Waals surface area contributed by atoms with Crippen LogP contribution in [0.4, 0.5) is 0 Å². The van der Waals surface area contributed by atoms with Gasteiger partial charge in [0.2, 0.25) is 0 Å². The zero-order chi connectivity index (χ0) is 25.0. The smallest absolute Gasteiger partial charge is 0.544 e. The van der Waals surface area contributed by atoms with Gasteiger partial charge in [-0.1, -0.05) is 38.5 Å². The van der Waals surface area contributed by atoms with Gasteiger partial charge in [-0.2, -0.15) is 9.78 Å². The van der Waals surface area contributed by atoms with Gasteiger partial charge >= 0.3 is 26.9 Å². The molecule has 1 fully saturated rings. The molecule has 0 aromatic heterocycles. The van der Waals surface area contributed by atoms with Gasteiger partial charge in [-0.15, -0.1) is 0 Å². The van der Waals surface area contributed by atoms with Crippen molar-refractivity contribution in [1.29, 1.82) is 0 Å². The number of aliphatic carboxylic acids is 2. The van der Waals surface area contributed by atoms with E-state index in [2.05, 4.69) is 19.6 Å². The first-order chi connectivity index (χ1) is 15.8. The maximum atomic E-state index is 11.1. The molecule has 1 saturated carbocycles. The number of unbranched alkanes of at least 4 members (excludes halogenated alkanes) is 6. The van der Waals surface area contributed by atoms with E-state index in [1.54, 1.807) is 0 Å². The van der Waals surface area contributed by atoms with Crippen molar-refractivity contribution in [2.75, 3.05) is 26.4 Å². The Morgan fingerprint density at radius 2 is 1.09 bits per heavy atom. The van der Waals surface area contributed by atoms with Gasteiger partial charge in [0, 0.05) is 25.3 Å². The van der Waals surface area contributed by atoms with Crippen LogP contribution in [0, 0.1) is 0 Å². The Morgan fingerprint density at radius 1 is 0.735 bits per heavy atom. The number of hydrogen-bond acceptors (Lipinski definition) is 12. The second-order valence-corrected chi connectivity index (χ2v) is 7.89. The van der Waals surface area contributed by atoms with Gasteiger partial charge in [-0.05, 0) is 38.5 Å². The molecule has 1 rings (SSSR count). The minimum Gasteiger partial charge on any atom is -0.544 e. The number of carbonyl (C=O) groups excluding carboxylic acids is 2. The third-order valence-corrected chi connectivity index (χ3v) is 5.04. The van der Waals surface area contributed by atoms with E-state index in [1.807, 2.05) is 0 Å². The molecule has 0 unspecified atom stereocenters. The molecule has 0 amide bonds. The fourth-order valence-corrected chi connectivity index (χ4v) is 2.92. The number of carbonyl (C=O) groups is 2. The molecule has 0 bridgehead atoms. The van der Waals surface area contributed by atoms with E-state index >= 15 is 0 Å². The summed E-state index contributed by atoms with van der Waals surface area (Å²) in [6.07, 6.45) is 9.80. The van der Waals surface area contributed by atoms with Crippen molar-refractivity contribution >= 4 is 11.9 Å². The number of carboxylic acids is 2. The van der Waals surface area contributed by atoms with Crippen LogP contribution in [-0.2, 0) is 50.2 Å². The molecule has 1 aliphatic rings. The van der Waals surface area contributed by atoms with Gasteiger partial charge in [0.1, 0.15) is 11.9 Å². The van der Waals surface area contributed by atoms with Crippen molar-refractivity contribution in [3.63, 3.8) is 0 Å². The maximum absolute atomic E-state index is 11.1. The van der Waals surface area contributed by atoms with Crippen LogP contribution in [0.5, 0.6) is 0 Å².